The number of nitrogens with zero attached hydrogens (tertiary/aromatic N) is 1. The van der Waals surface area contributed by atoms with Crippen LogP contribution in [0.15, 0.2) is 12.1 Å². The van der Waals surface area contributed by atoms with Gasteiger partial charge in [0.25, 0.3) is 5.24 Å². The fraction of sp³-hybridized carbons (Fsp3) is 0.462. The topological polar surface area (TPSA) is 29.5 Å². The predicted molar refractivity (Wildman–Crippen MR) is 73.2 cm³/mol. The van der Waals surface area contributed by atoms with Crippen LogP contribution in [0.3, 0.4) is 0 Å². The van der Waals surface area contributed by atoms with Crippen molar-refractivity contribution in [3.8, 4) is 5.75 Å². The van der Waals surface area contributed by atoms with Gasteiger partial charge in [-0.2, -0.15) is 0 Å². The van der Waals surface area contributed by atoms with Gasteiger partial charge in [-0.05, 0) is 37.0 Å². The maximum Gasteiger partial charge on any atom is 0.278 e. The van der Waals surface area contributed by atoms with Gasteiger partial charge in [0, 0.05) is 13.6 Å². The van der Waals surface area contributed by atoms with Crippen LogP contribution in [0.5, 0.6) is 5.75 Å². The zero-order chi connectivity index (χ0) is 13.0. The van der Waals surface area contributed by atoms with E-state index in [1.54, 1.807) is 19.1 Å². The Morgan fingerprint density at radius 2 is 1.88 bits per heavy atom. The molecule has 94 valence electrons. The van der Waals surface area contributed by atoms with Gasteiger partial charge in [0.2, 0.25) is 0 Å². The highest BCUT2D eigenvalue weighted by Crippen LogP contribution is 2.24. The van der Waals surface area contributed by atoms with E-state index >= 15 is 0 Å². The first kappa shape index (κ1) is 13.9. The van der Waals surface area contributed by atoms with Gasteiger partial charge in [0.1, 0.15) is 5.75 Å². The van der Waals surface area contributed by atoms with Crippen LogP contribution in [0.2, 0.25) is 0 Å². The molecule has 1 amide bonds. The van der Waals surface area contributed by atoms with Crippen LogP contribution >= 0.6 is 12.6 Å². The van der Waals surface area contributed by atoms with Crippen molar-refractivity contribution >= 4 is 17.9 Å². The Hall–Kier alpha value is -1.16. The van der Waals surface area contributed by atoms with Crippen LogP contribution in [-0.4, -0.2) is 30.8 Å². The van der Waals surface area contributed by atoms with Crippen LogP contribution in [0.1, 0.15) is 16.7 Å². The predicted octanol–water partition coefficient (Wildman–Crippen LogP) is 2.84. The molecule has 0 heterocycles. The van der Waals surface area contributed by atoms with Gasteiger partial charge in [-0.15, -0.1) is 0 Å². The minimum Gasteiger partial charge on any atom is -0.496 e. The normalized spacial score (nSPS) is 10.2. The number of thiol groups is 1. The third-order valence-corrected chi connectivity index (χ3v) is 3.13. The molecule has 0 bridgehead atoms. The summed E-state index contributed by atoms with van der Waals surface area (Å²) in [5.41, 5.74) is 3.46. The molecule has 1 aromatic rings. The third kappa shape index (κ3) is 3.66. The molecule has 0 saturated heterocycles. The van der Waals surface area contributed by atoms with Crippen molar-refractivity contribution in [2.24, 2.45) is 0 Å². The first-order valence-corrected chi connectivity index (χ1v) is 5.98. The first-order chi connectivity index (χ1) is 7.95. The molecule has 0 aromatic heterocycles. The molecular formula is C13H19NO2S. The van der Waals surface area contributed by atoms with Crippen molar-refractivity contribution in [1.82, 2.24) is 4.90 Å². The van der Waals surface area contributed by atoms with E-state index in [2.05, 4.69) is 24.8 Å². The van der Waals surface area contributed by atoms with Crippen molar-refractivity contribution in [2.75, 3.05) is 20.7 Å². The number of ether oxygens (including phenoxy) is 1. The summed E-state index contributed by atoms with van der Waals surface area (Å²) in [6.07, 6.45) is 0.828. The number of benzene rings is 1. The summed E-state index contributed by atoms with van der Waals surface area (Å²) in [7, 11) is 3.43. The highest BCUT2D eigenvalue weighted by Gasteiger charge is 2.07. The molecule has 0 N–H and O–H groups in total. The second-order valence-corrected chi connectivity index (χ2v) is 4.60. The Balaban J connectivity index is 2.77. The maximum absolute atomic E-state index is 11.0. The third-order valence-electron chi connectivity index (χ3n) is 2.79. The Morgan fingerprint density at radius 1 is 1.35 bits per heavy atom. The molecule has 0 radical (unpaired) electrons. The number of carbonyl (C=O) groups is 1. The molecule has 0 fully saturated rings. The highest BCUT2D eigenvalue weighted by atomic mass is 32.1. The van der Waals surface area contributed by atoms with Crippen molar-refractivity contribution < 1.29 is 9.53 Å². The van der Waals surface area contributed by atoms with Crippen molar-refractivity contribution in [2.45, 2.75) is 20.3 Å². The van der Waals surface area contributed by atoms with Crippen LogP contribution in [-0.2, 0) is 6.42 Å². The Morgan fingerprint density at radius 3 is 2.29 bits per heavy atom. The lowest BCUT2D eigenvalue weighted by Crippen LogP contribution is -2.23. The minimum absolute atomic E-state index is 0.202. The Labute approximate surface area is 108 Å². The fourth-order valence-electron chi connectivity index (χ4n) is 1.90. The summed E-state index contributed by atoms with van der Waals surface area (Å²) in [6, 6.07) is 4.20. The number of rotatable bonds is 4. The molecule has 3 nitrogen and oxygen atoms in total. The van der Waals surface area contributed by atoms with E-state index in [0.717, 1.165) is 23.3 Å². The van der Waals surface area contributed by atoms with Crippen LogP contribution in [0.4, 0.5) is 4.79 Å². The molecule has 1 aromatic carbocycles. The molecule has 0 aliphatic rings. The summed E-state index contributed by atoms with van der Waals surface area (Å²) in [6.45, 7) is 4.74. The number of carbonyl (C=O) groups excluding carboxylic acids is 1. The largest absolute Gasteiger partial charge is 0.496 e. The minimum atomic E-state index is -0.202. The Kier molecular flexibility index (Phi) is 4.87. The van der Waals surface area contributed by atoms with E-state index in [4.69, 9.17) is 4.74 Å². The average molecular weight is 253 g/mol. The van der Waals surface area contributed by atoms with E-state index in [0.29, 0.717) is 6.54 Å². The molecule has 0 unspecified atom stereocenters. The van der Waals surface area contributed by atoms with Crippen LogP contribution < -0.4 is 4.74 Å². The maximum atomic E-state index is 11.0. The van der Waals surface area contributed by atoms with Gasteiger partial charge in [0.05, 0.1) is 7.11 Å². The van der Waals surface area contributed by atoms with Gasteiger partial charge in [-0.3, -0.25) is 4.79 Å². The summed E-state index contributed by atoms with van der Waals surface area (Å²) in [4.78, 5) is 12.6. The molecule has 1 rings (SSSR count). The zero-order valence-electron chi connectivity index (χ0n) is 10.8. The molecule has 0 aliphatic heterocycles. The number of hydrogen-bond acceptors (Lipinski definition) is 2. The number of methoxy groups -OCH3 is 1. The summed E-state index contributed by atoms with van der Waals surface area (Å²) in [5.74, 6) is 0.937. The summed E-state index contributed by atoms with van der Waals surface area (Å²) in [5, 5.41) is -0.202. The van der Waals surface area contributed by atoms with E-state index in [1.165, 1.54) is 5.56 Å². The second kappa shape index (κ2) is 5.96. The summed E-state index contributed by atoms with van der Waals surface area (Å²) < 4.78 is 5.32. The lowest BCUT2D eigenvalue weighted by atomic mass is 10.0. The fourth-order valence-corrected chi connectivity index (χ4v) is 2.00. The Bertz CT molecular complexity index is 395. The highest BCUT2D eigenvalue weighted by molar-refractivity contribution is 7.96. The van der Waals surface area contributed by atoms with Crippen molar-refractivity contribution in [1.29, 1.82) is 0 Å². The zero-order valence-corrected chi connectivity index (χ0v) is 11.7. The lowest BCUT2D eigenvalue weighted by Gasteiger charge is -2.15. The number of amides is 1. The average Bonchev–Trinajstić information content (AvgIpc) is 2.25. The SMILES string of the molecule is COc1c(C)cc(CCN(C)C(=O)S)cc1C. The quantitative estimate of drug-likeness (QED) is 0.836. The molecule has 4 heteroatoms. The first-order valence-electron chi connectivity index (χ1n) is 5.54. The molecule has 17 heavy (non-hydrogen) atoms. The summed E-state index contributed by atoms with van der Waals surface area (Å²) >= 11 is 3.78. The molecular weight excluding hydrogens is 234 g/mol. The molecule has 0 aliphatic carbocycles. The lowest BCUT2D eigenvalue weighted by molar-refractivity contribution is 0.234. The molecule has 0 saturated carbocycles. The van der Waals surface area contributed by atoms with Gasteiger partial charge >= 0.3 is 0 Å². The van der Waals surface area contributed by atoms with Gasteiger partial charge in [-0.1, -0.05) is 24.8 Å². The molecule has 0 spiro atoms. The number of hydrogen-bond donors (Lipinski definition) is 1. The second-order valence-electron chi connectivity index (χ2n) is 4.22. The van der Waals surface area contributed by atoms with Crippen molar-refractivity contribution in [3.63, 3.8) is 0 Å². The van der Waals surface area contributed by atoms with E-state index in [9.17, 15) is 4.79 Å². The van der Waals surface area contributed by atoms with E-state index in [-0.39, 0.29) is 5.24 Å². The van der Waals surface area contributed by atoms with Gasteiger partial charge in [-0.25, -0.2) is 0 Å². The molecule has 0 atom stereocenters. The van der Waals surface area contributed by atoms with Crippen LogP contribution in [0.25, 0.3) is 0 Å². The van der Waals surface area contributed by atoms with Gasteiger partial charge in [0.15, 0.2) is 0 Å². The smallest absolute Gasteiger partial charge is 0.278 e. The standard InChI is InChI=1S/C13H19NO2S/c1-9-7-11(5-6-14(3)13(15)17)8-10(2)12(9)16-4/h7-8H,5-6H2,1-4H3,(H,15,17). The number of likely N-dealkylation sites (N-methyl/N-ethyl adjacent to an activating group) is 1. The van der Waals surface area contributed by atoms with E-state index < -0.39 is 0 Å². The van der Waals surface area contributed by atoms with Crippen LogP contribution in [0, 0.1) is 13.8 Å². The van der Waals surface area contributed by atoms with E-state index in [1.807, 2.05) is 13.8 Å². The van der Waals surface area contributed by atoms with Crippen molar-refractivity contribution in [3.05, 3.63) is 28.8 Å². The monoisotopic (exact) mass is 253 g/mol. The number of aryl methyl sites for hydroxylation is 2. The van der Waals surface area contributed by atoms with Gasteiger partial charge < -0.3 is 9.64 Å².